The second-order valence-electron chi connectivity index (χ2n) is 9.19. The predicted molar refractivity (Wildman–Crippen MR) is 149 cm³/mol. The Bertz CT molecular complexity index is 1620. The fraction of sp³-hybridized carbons (Fsp3) is 0.321. The average molecular weight is 558 g/mol. The molecule has 4 rings (SSSR count). The molecule has 0 heterocycles. The molecule has 2 aliphatic carbocycles. The van der Waals surface area contributed by atoms with Gasteiger partial charge in [0.15, 0.2) is 5.71 Å². The number of rotatable bonds is 8. The molecule has 0 radical (unpaired) electrons. The summed E-state index contributed by atoms with van der Waals surface area (Å²) in [6.07, 6.45) is 6.67. The molecule has 2 aromatic rings. The molecule has 0 atom stereocenters. The van der Waals surface area contributed by atoms with E-state index in [9.17, 15) is 25.9 Å². The van der Waals surface area contributed by atoms with Gasteiger partial charge in [0.1, 0.15) is 18.0 Å². The highest BCUT2D eigenvalue weighted by Crippen LogP contribution is 2.43. The van der Waals surface area contributed by atoms with Crippen LogP contribution in [-0.4, -0.2) is 62.4 Å². The monoisotopic (exact) mass is 557 g/mol. The Morgan fingerprint density at radius 2 is 1.50 bits per heavy atom. The molecule has 0 bridgehead atoms. The van der Waals surface area contributed by atoms with Crippen LogP contribution in [0.3, 0.4) is 0 Å². The maximum Gasteiger partial charge on any atom is 0.295 e. The summed E-state index contributed by atoms with van der Waals surface area (Å²) >= 11 is 0. The average Bonchev–Trinajstić information content (AvgIpc) is 2.87. The number of fused-ring (bicyclic) bond motifs is 2. The SMILES string of the molecule is CCN(CC)c1ccc2c(c1)CC1=CC(=[N+](CC)CC)C=CC1=C2c1ccc(S(=O)(=O)O)cc1S(=O)(=O)O. The van der Waals surface area contributed by atoms with Gasteiger partial charge in [-0.1, -0.05) is 12.1 Å². The highest BCUT2D eigenvalue weighted by atomic mass is 32.2. The first-order valence-electron chi connectivity index (χ1n) is 12.7. The molecule has 0 spiro atoms. The van der Waals surface area contributed by atoms with Crippen LogP contribution in [0.4, 0.5) is 5.69 Å². The van der Waals surface area contributed by atoms with Crippen molar-refractivity contribution in [3.63, 3.8) is 0 Å². The van der Waals surface area contributed by atoms with Crippen molar-refractivity contribution in [2.45, 2.75) is 43.9 Å². The van der Waals surface area contributed by atoms with E-state index in [1.165, 1.54) is 6.07 Å². The molecule has 2 aromatic carbocycles. The van der Waals surface area contributed by atoms with Crippen molar-refractivity contribution in [3.05, 3.63) is 82.5 Å². The van der Waals surface area contributed by atoms with Crippen molar-refractivity contribution in [2.24, 2.45) is 0 Å². The van der Waals surface area contributed by atoms with Crippen LogP contribution < -0.4 is 4.90 Å². The van der Waals surface area contributed by atoms with Crippen LogP contribution in [0.15, 0.2) is 75.6 Å². The Morgan fingerprint density at radius 1 is 0.842 bits per heavy atom. The third-order valence-electron chi connectivity index (χ3n) is 7.15. The molecule has 2 aliphatic rings. The zero-order chi connectivity index (χ0) is 27.8. The minimum absolute atomic E-state index is 0.160. The van der Waals surface area contributed by atoms with Gasteiger partial charge in [-0.2, -0.15) is 16.8 Å². The maximum atomic E-state index is 12.5. The topological polar surface area (TPSA) is 115 Å². The second-order valence-corrected chi connectivity index (χ2v) is 12.0. The number of hydrogen-bond acceptors (Lipinski definition) is 5. The van der Waals surface area contributed by atoms with Gasteiger partial charge in [0.05, 0.1) is 4.90 Å². The summed E-state index contributed by atoms with van der Waals surface area (Å²) in [5, 5.41) is 0. The van der Waals surface area contributed by atoms with E-state index in [1.807, 2.05) is 24.3 Å². The van der Waals surface area contributed by atoms with Gasteiger partial charge in [-0.05, 0) is 92.3 Å². The highest BCUT2D eigenvalue weighted by molar-refractivity contribution is 7.86. The third kappa shape index (κ3) is 5.26. The minimum atomic E-state index is -4.84. The number of nitrogens with zero attached hydrogens (tertiary/aromatic N) is 2. The van der Waals surface area contributed by atoms with Crippen molar-refractivity contribution >= 4 is 37.2 Å². The lowest BCUT2D eigenvalue weighted by Crippen LogP contribution is -2.23. The van der Waals surface area contributed by atoms with Crippen molar-refractivity contribution in [1.82, 2.24) is 0 Å². The number of hydrogen-bond donors (Lipinski definition) is 2. The van der Waals surface area contributed by atoms with E-state index in [-0.39, 0.29) is 5.56 Å². The van der Waals surface area contributed by atoms with E-state index in [1.54, 1.807) is 0 Å². The number of anilines is 1. The standard InChI is InChI=1S/C28H32N2O6S2/c1-5-29(6-2)21-9-12-24-19(16-21)15-20-17-22(30(7-3)8-4)10-13-25(20)28(24)26-14-11-23(37(31,32)33)18-27(26)38(34,35)36/h9-14,16-18H,5-8,15H2,1-4H3,(H-,31,32,33,34,35,36)/p+1. The van der Waals surface area contributed by atoms with Crippen LogP contribution in [0.5, 0.6) is 0 Å². The van der Waals surface area contributed by atoms with E-state index in [2.05, 4.69) is 49.3 Å². The second kappa shape index (κ2) is 10.6. The molecule has 0 fully saturated rings. The normalized spacial score (nSPS) is 15.2. The number of benzene rings is 2. The molecule has 0 amide bonds. The van der Waals surface area contributed by atoms with E-state index in [0.717, 1.165) is 72.0 Å². The summed E-state index contributed by atoms with van der Waals surface area (Å²) in [5.74, 6) is 0. The fourth-order valence-electron chi connectivity index (χ4n) is 5.23. The molecule has 0 unspecified atom stereocenters. The van der Waals surface area contributed by atoms with Crippen molar-refractivity contribution < 1.29 is 30.5 Å². The zero-order valence-electron chi connectivity index (χ0n) is 22.0. The van der Waals surface area contributed by atoms with Crippen molar-refractivity contribution in [3.8, 4) is 0 Å². The van der Waals surface area contributed by atoms with Gasteiger partial charge in [0.25, 0.3) is 20.2 Å². The van der Waals surface area contributed by atoms with Gasteiger partial charge in [0.2, 0.25) is 0 Å². The van der Waals surface area contributed by atoms with E-state index in [4.69, 9.17) is 0 Å². The summed E-state index contributed by atoms with van der Waals surface area (Å²) in [7, 11) is -9.53. The van der Waals surface area contributed by atoms with Crippen LogP contribution in [-0.2, 0) is 26.7 Å². The molecular formula is C28H33N2O6S2+. The van der Waals surface area contributed by atoms with Gasteiger partial charge >= 0.3 is 0 Å². The highest BCUT2D eigenvalue weighted by Gasteiger charge is 2.31. The van der Waals surface area contributed by atoms with Crippen LogP contribution in [0, 0.1) is 0 Å². The summed E-state index contributed by atoms with van der Waals surface area (Å²) in [5.41, 5.74) is 6.42. The maximum absolute atomic E-state index is 12.5. The Labute approximate surface area is 224 Å². The van der Waals surface area contributed by atoms with Gasteiger partial charge in [-0.3, -0.25) is 9.11 Å². The van der Waals surface area contributed by atoms with Gasteiger partial charge < -0.3 is 4.90 Å². The summed E-state index contributed by atoms with van der Waals surface area (Å²) in [6.45, 7) is 11.7. The lowest BCUT2D eigenvalue weighted by Gasteiger charge is -2.29. The first-order valence-corrected chi connectivity index (χ1v) is 15.5. The molecule has 10 heteroatoms. The van der Waals surface area contributed by atoms with E-state index < -0.39 is 30.0 Å². The Kier molecular flexibility index (Phi) is 7.81. The summed E-state index contributed by atoms with van der Waals surface area (Å²) in [6, 6.07) is 9.32. The molecule has 0 saturated heterocycles. The first-order chi connectivity index (χ1) is 17.9. The first kappa shape index (κ1) is 28.0. The molecule has 0 saturated carbocycles. The van der Waals surface area contributed by atoms with Crippen LogP contribution >= 0.6 is 0 Å². The van der Waals surface area contributed by atoms with Gasteiger partial charge in [-0.15, -0.1) is 0 Å². The quantitative estimate of drug-likeness (QED) is 0.366. The summed E-state index contributed by atoms with van der Waals surface area (Å²) in [4.78, 5) is 1.04. The van der Waals surface area contributed by atoms with Gasteiger partial charge in [0, 0.05) is 36.5 Å². The van der Waals surface area contributed by atoms with Crippen molar-refractivity contribution in [1.29, 1.82) is 0 Å². The molecule has 2 N–H and O–H groups in total. The van der Waals surface area contributed by atoms with E-state index in [0.29, 0.717) is 12.0 Å². The smallest absolute Gasteiger partial charge is 0.295 e. The fourth-order valence-corrected chi connectivity index (χ4v) is 6.54. The minimum Gasteiger partial charge on any atom is -0.372 e. The zero-order valence-corrected chi connectivity index (χ0v) is 23.6. The van der Waals surface area contributed by atoms with E-state index >= 15 is 0 Å². The molecule has 202 valence electrons. The molecule has 0 aliphatic heterocycles. The lowest BCUT2D eigenvalue weighted by atomic mass is 9.77. The Hall–Kier alpha value is -3.05. The third-order valence-corrected chi connectivity index (χ3v) is 8.90. The predicted octanol–water partition coefficient (Wildman–Crippen LogP) is 4.37. The van der Waals surface area contributed by atoms with Crippen molar-refractivity contribution in [2.75, 3.05) is 31.1 Å². The van der Waals surface area contributed by atoms with Crippen LogP contribution in [0.1, 0.15) is 44.4 Å². The Balaban J connectivity index is 2.07. The molecular weight excluding hydrogens is 524 g/mol. The lowest BCUT2D eigenvalue weighted by molar-refractivity contribution is -0.519. The molecule has 38 heavy (non-hydrogen) atoms. The molecule has 0 aromatic heterocycles. The molecule has 8 nitrogen and oxygen atoms in total. The Morgan fingerprint density at radius 3 is 2.08 bits per heavy atom. The summed E-state index contributed by atoms with van der Waals surface area (Å²) < 4.78 is 70.4. The van der Waals surface area contributed by atoms with Crippen LogP contribution in [0.25, 0.3) is 5.57 Å². The number of allylic oxidation sites excluding steroid dienone is 5. The van der Waals surface area contributed by atoms with Gasteiger partial charge in [-0.25, -0.2) is 4.58 Å². The largest absolute Gasteiger partial charge is 0.372 e. The van der Waals surface area contributed by atoms with Crippen LogP contribution in [0.2, 0.25) is 0 Å².